The summed E-state index contributed by atoms with van der Waals surface area (Å²) in [6, 6.07) is 6.44. The summed E-state index contributed by atoms with van der Waals surface area (Å²) in [5, 5.41) is 1.30. The molecule has 0 fully saturated rings. The second kappa shape index (κ2) is 5.39. The number of thiophene rings is 1. The van der Waals surface area contributed by atoms with Crippen LogP contribution in [0.5, 0.6) is 0 Å². The smallest absolute Gasteiger partial charge is 0.163 e. The van der Waals surface area contributed by atoms with E-state index < -0.39 is 0 Å². The fourth-order valence-electron chi connectivity index (χ4n) is 1.90. The molecule has 0 saturated carbocycles. The topological polar surface area (TPSA) is 25.8 Å². The summed E-state index contributed by atoms with van der Waals surface area (Å²) in [5.74, 6) is 0.191. The van der Waals surface area contributed by atoms with Gasteiger partial charge in [0.25, 0.3) is 0 Å². The van der Waals surface area contributed by atoms with Crippen molar-refractivity contribution in [2.24, 2.45) is 0 Å². The molecule has 2 heterocycles. The largest absolute Gasteiger partial charge is 0.217 e. The van der Waals surface area contributed by atoms with E-state index in [1.807, 2.05) is 6.07 Å². The van der Waals surface area contributed by atoms with Crippen molar-refractivity contribution >= 4 is 49.1 Å². The maximum atomic E-state index is 13.1. The first-order chi connectivity index (χ1) is 9.58. The highest BCUT2D eigenvalue weighted by Crippen LogP contribution is 2.33. The van der Waals surface area contributed by atoms with Crippen molar-refractivity contribution in [1.82, 2.24) is 9.97 Å². The van der Waals surface area contributed by atoms with E-state index in [9.17, 15) is 4.39 Å². The van der Waals surface area contributed by atoms with Crippen molar-refractivity contribution in [2.45, 2.75) is 13.3 Å². The molecule has 0 unspecified atom stereocenters. The van der Waals surface area contributed by atoms with E-state index in [0.717, 1.165) is 22.2 Å². The Morgan fingerprint density at radius 3 is 2.80 bits per heavy atom. The van der Waals surface area contributed by atoms with E-state index in [4.69, 9.17) is 11.6 Å². The van der Waals surface area contributed by atoms with Crippen LogP contribution >= 0.6 is 38.9 Å². The summed E-state index contributed by atoms with van der Waals surface area (Å²) in [6.07, 6.45) is 0.937. The number of fused-ring (bicyclic) bond motifs is 1. The van der Waals surface area contributed by atoms with Crippen LogP contribution < -0.4 is 0 Å². The molecule has 0 bridgehead atoms. The highest BCUT2D eigenvalue weighted by Gasteiger charge is 2.13. The molecular weight excluding hydrogens is 363 g/mol. The van der Waals surface area contributed by atoms with Gasteiger partial charge < -0.3 is 0 Å². The van der Waals surface area contributed by atoms with Gasteiger partial charge in [-0.1, -0.05) is 18.5 Å². The minimum atomic E-state index is -0.308. The van der Waals surface area contributed by atoms with Crippen LogP contribution in [0.15, 0.2) is 28.7 Å². The molecule has 0 radical (unpaired) electrons. The van der Waals surface area contributed by atoms with Gasteiger partial charge in [0.2, 0.25) is 0 Å². The second-order valence-corrected chi connectivity index (χ2v) is 6.57. The SMILES string of the molecule is CCc1cc2c(Cl)nc(-c3ccc(F)cc3Br)nc2s1. The van der Waals surface area contributed by atoms with E-state index in [0.29, 0.717) is 15.5 Å². The van der Waals surface area contributed by atoms with Gasteiger partial charge in [-0.05, 0) is 46.6 Å². The van der Waals surface area contributed by atoms with Crippen LogP contribution in [-0.4, -0.2) is 9.97 Å². The fourth-order valence-corrected chi connectivity index (χ4v) is 3.68. The number of hydrogen-bond acceptors (Lipinski definition) is 3. The number of halogens is 3. The molecular formula is C14H9BrClFN2S. The fraction of sp³-hybridized carbons (Fsp3) is 0.143. The highest BCUT2D eigenvalue weighted by atomic mass is 79.9. The Kier molecular flexibility index (Phi) is 3.75. The van der Waals surface area contributed by atoms with Crippen molar-refractivity contribution in [3.8, 4) is 11.4 Å². The first-order valence-electron chi connectivity index (χ1n) is 6.00. The summed E-state index contributed by atoms with van der Waals surface area (Å²) in [5.41, 5.74) is 0.724. The maximum Gasteiger partial charge on any atom is 0.163 e. The van der Waals surface area contributed by atoms with Gasteiger partial charge in [-0.15, -0.1) is 11.3 Å². The third-order valence-electron chi connectivity index (χ3n) is 2.92. The van der Waals surface area contributed by atoms with E-state index in [2.05, 4.69) is 32.8 Å². The van der Waals surface area contributed by atoms with Crippen LogP contribution in [0.2, 0.25) is 5.15 Å². The molecule has 6 heteroatoms. The Hall–Kier alpha value is -1.04. The molecule has 0 aliphatic rings. The molecule has 1 aromatic carbocycles. The highest BCUT2D eigenvalue weighted by molar-refractivity contribution is 9.10. The molecule has 3 rings (SSSR count). The Labute approximate surface area is 132 Å². The van der Waals surface area contributed by atoms with Crippen LogP contribution in [-0.2, 0) is 6.42 Å². The zero-order valence-electron chi connectivity index (χ0n) is 10.5. The summed E-state index contributed by atoms with van der Waals surface area (Å²) >= 11 is 11.2. The van der Waals surface area contributed by atoms with E-state index >= 15 is 0 Å². The zero-order chi connectivity index (χ0) is 14.3. The predicted molar refractivity (Wildman–Crippen MR) is 84.9 cm³/mol. The molecule has 0 aliphatic heterocycles. The van der Waals surface area contributed by atoms with Crippen molar-refractivity contribution in [3.05, 3.63) is 44.6 Å². The lowest BCUT2D eigenvalue weighted by atomic mass is 10.2. The minimum Gasteiger partial charge on any atom is -0.217 e. The summed E-state index contributed by atoms with van der Waals surface area (Å²) in [4.78, 5) is 10.9. The minimum absolute atomic E-state index is 0.308. The van der Waals surface area contributed by atoms with Crippen LogP contribution in [0.4, 0.5) is 4.39 Å². The van der Waals surface area contributed by atoms with E-state index in [-0.39, 0.29) is 5.82 Å². The summed E-state index contributed by atoms with van der Waals surface area (Å²) in [7, 11) is 0. The first kappa shape index (κ1) is 13.9. The maximum absolute atomic E-state index is 13.1. The molecule has 2 aromatic heterocycles. The monoisotopic (exact) mass is 370 g/mol. The Bertz CT molecular complexity index is 803. The molecule has 0 atom stereocenters. The van der Waals surface area contributed by atoms with Crippen molar-refractivity contribution in [3.63, 3.8) is 0 Å². The Balaban J connectivity index is 2.21. The number of aromatic nitrogens is 2. The van der Waals surface area contributed by atoms with Crippen LogP contribution in [0.25, 0.3) is 21.6 Å². The standard InChI is InChI=1S/C14H9BrClFN2S/c1-2-8-6-10-12(16)18-13(19-14(10)20-8)9-4-3-7(17)5-11(9)15/h3-6H,2H2,1H3. The van der Waals surface area contributed by atoms with Gasteiger partial charge in [-0.2, -0.15) is 0 Å². The van der Waals surface area contributed by atoms with Gasteiger partial charge in [0.1, 0.15) is 15.8 Å². The molecule has 0 N–H and O–H groups in total. The van der Waals surface area contributed by atoms with Gasteiger partial charge in [0.05, 0.1) is 0 Å². The Morgan fingerprint density at radius 2 is 2.10 bits per heavy atom. The summed E-state index contributed by atoms with van der Waals surface area (Å²) in [6.45, 7) is 2.09. The predicted octanol–water partition coefficient (Wildman–Crippen LogP) is 5.48. The summed E-state index contributed by atoms with van der Waals surface area (Å²) < 4.78 is 13.8. The van der Waals surface area contributed by atoms with Crippen LogP contribution in [0, 0.1) is 5.82 Å². The molecule has 0 saturated heterocycles. The molecule has 102 valence electrons. The van der Waals surface area contributed by atoms with Crippen LogP contribution in [0.1, 0.15) is 11.8 Å². The van der Waals surface area contributed by atoms with Gasteiger partial charge in [-0.3, -0.25) is 0 Å². The van der Waals surface area contributed by atoms with Gasteiger partial charge in [0.15, 0.2) is 5.82 Å². The molecule has 2 nitrogen and oxygen atoms in total. The first-order valence-corrected chi connectivity index (χ1v) is 7.98. The lowest BCUT2D eigenvalue weighted by Gasteiger charge is -2.04. The lowest BCUT2D eigenvalue weighted by Crippen LogP contribution is -1.91. The number of nitrogens with zero attached hydrogens (tertiary/aromatic N) is 2. The average molecular weight is 372 g/mol. The number of rotatable bonds is 2. The number of aryl methyl sites for hydroxylation is 1. The van der Waals surface area contributed by atoms with Crippen molar-refractivity contribution in [2.75, 3.05) is 0 Å². The van der Waals surface area contributed by atoms with Crippen LogP contribution in [0.3, 0.4) is 0 Å². The molecule has 20 heavy (non-hydrogen) atoms. The number of hydrogen-bond donors (Lipinski definition) is 0. The quantitative estimate of drug-likeness (QED) is 0.558. The lowest BCUT2D eigenvalue weighted by molar-refractivity contribution is 0.627. The molecule has 0 aliphatic carbocycles. The Morgan fingerprint density at radius 1 is 1.30 bits per heavy atom. The molecule has 0 amide bonds. The van der Waals surface area contributed by atoms with Gasteiger partial charge in [-0.25, -0.2) is 14.4 Å². The van der Waals surface area contributed by atoms with Crippen molar-refractivity contribution < 1.29 is 4.39 Å². The van der Waals surface area contributed by atoms with E-state index in [1.54, 1.807) is 17.4 Å². The number of benzene rings is 1. The van der Waals surface area contributed by atoms with Gasteiger partial charge in [0, 0.05) is 20.3 Å². The normalized spacial score (nSPS) is 11.2. The second-order valence-electron chi connectivity index (χ2n) is 4.25. The molecule has 3 aromatic rings. The van der Waals surface area contributed by atoms with Gasteiger partial charge >= 0.3 is 0 Å². The van der Waals surface area contributed by atoms with Crippen molar-refractivity contribution in [1.29, 1.82) is 0 Å². The third-order valence-corrected chi connectivity index (χ3v) is 5.04. The zero-order valence-corrected chi connectivity index (χ0v) is 13.6. The molecule has 0 spiro atoms. The third kappa shape index (κ3) is 2.45. The average Bonchev–Trinajstić information content (AvgIpc) is 2.82. The van der Waals surface area contributed by atoms with E-state index in [1.165, 1.54) is 17.0 Å².